The Morgan fingerprint density at radius 1 is 1.15 bits per heavy atom. The normalized spacial score (nSPS) is 12.7. The van der Waals surface area contributed by atoms with Gasteiger partial charge in [-0.1, -0.05) is 24.3 Å². The van der Waals surface area contributed by atoms with E-state index < -0.39 is 28.2 Å². The zero-order chi connectivity index (χ0) is 20.0. The highest BCUT2D eigenvalue weighted by Crippen LogP contribution is 2.42. The van der Waals surface area contributed by atoms with E-state index in [2.05, 4.69) is 4.74 Å². The van der Waals surface area contributed by atoms with Gasteiger partial charge in [-0.2, -0.15) is 0 Å². The van der Waals surface area contributed by atoms with Gasteiger partial charge in [-0.15, -0.1) is 11.8 Å². The molecule has 8 nitrogen and oxygen atoms in total. The average Bonchev–Trinajstić information content (AvgIpc) is 2.65. The smallest absolute Gasteiger partial charge is 0.336 e. The third kappa shape index (κ3) is 5.28. The predicted molar refractivity (Wildman–Crippen MR) is 97.5 cm³/mol. The fourth-order valence-corrected chi connectivity index (χ4v) is 3.52. The number of esters is 2. The van der Waals surface area contributed by atoms with Gasteiger partial charge in [0.2, 0.25) is 0 Å². The highest BCUT2D eigenvalue weighted by Gasteiger charge is 2.31. The minimum absolute atomic E-state index is 0.138. The summed E-state index contributed by atoms with van der Waals surface area (Å²) in [7, 11) is 1.14. The summed E-state index contributed by atoms with van der Waals surface area (Å²) in [6.45, 7) is 1.27. The van der Waals surface area contributed by atoms with E-state index in [9.17, 15) is 24.8 Å². The number of thioether (sulfide) groups is 1. The molecule has 0 fully saturated rings. The summed E-state index contributed by atoms with van der Waals surface area (Å²) in [4.78, 5) is 33.9. The van der Waals surface area contributed by atoms with Crippen LogP contribution in [-0.4, -0.2) is 35.2 Å². The summed E-state index contributed by atoms with van der Waals surface area (Å²) in [6, 6.07) is 12.2. The molecule has 0 aliphatic rings. The molecule has 142 valence electrons. The maximum atomic E-state index is 11.9. The molecule has 2 atom stereocenters. The first-order valence-electron chi connectivity index (χ1n) is 7.78. The molecule has 0 saturated carbocycles. The second-order valence-electron chi connectivity index (χ2n) is 5.39. The van der Waals surface area contributed by atoms with Crippen LogP contribution in [0.4, 0.5) is 5.69 Å². The predicted octanol–water partition coefficient (Wildman–Crippen LogP) is 2.89. The Balaban J connectivity index is 2.39. The molecule has 0 spiro atoms. The fraction of sp³-hybridized carbons (Fsp3) is 0.222. The van der Waals surface area contributed by atoms with E-state index in [-0.39, 0.29) is 5.69 Å². The van der Waals surface area contributed by atoms with E-state index in [0.717, 1.165) is 18.9 Å². The third-order valence-corrected chi connectivity index (χ3v) is 4.90. The molecule has 2 rings (SSSR count). The molecule has 0 radical (unpaired) electrons. The number of rotatable bonds is 7. The molecule has 0 aliphatic heterocycles. The SMILES string of the molecule is COC(=O)C(O)C(Sc1ccccc1[N+](=O)[O-])c1ccc(OC(C)=O)cc1. The van der Waals surface area contributed by atoms with E-state index in [0.29, 0.717) is 16.2 Å². The number of carbonyl (C=O) groups is 2. The maximum Gasteiger partial charge on any atom is 0.336 e. The number of nitrogens with zero attached hydrogens (tertiary/aromatic N) is 1. The van der Waals surface area contributed by atoms with E-state index in [1.165, 1.54) is 37.3 Å². The first-order chi connectivity index (χ1) is 12.8. The molecular formula is C18H17NO7S. The Kier molecular flexibility index (Phi) is 6.91. The van der Waals surface area contributed by atoms with E-state index >= 15 is 0 Å². The first-order valence-corrected chi connectivity index (χ1v) is 8.65. The van der Waals surface area contributed by atoms with E-state index in [1.54, 1.807) is 18.2 Å². The van der Waals surface area contributed by atoms with Crippen LogP contribution in [0.1, 0.15) is 17.7 Å². The summed E-state index contributed by atoms with van der Waals surface area (Å²) in [5.41, 5.74) is 0.369. The molecule has 0 aliphatic carbocycles. The van der Waals surface area contributed by atoms with Gasteiger partial charge in [0.25, 0.3) is 5.69 Å². The Hall–Kier alpha value is -2.91. The van der Waals surface area contributed by atoms with Crippen molar-refractivity contribution in [3.8, 4) is 5.75 Å². The van der Waals surface area contributed by atoms with Gasteiger partial charge in [0, 0.05) is 13.0 Å². The highest BCUT2D eigenvalue weighted by molar-refractivity contribution is 7.99. The lowest BCUT2D eigenvalue weighted by atomic mass is 10.1. The summed E-state index contributed by atoms with van der Waals surface area (Å²) >= 11 is 0.968. The molecule has 27 heavy (non-hydrogen) atoms. The van der Waals surface area contributed by atoms with Crippen LogP contribution in [0.5, 0.6) is 5.75 Å². The summed E-state index contributed by atoms with van der Waals surface area (Å²) in [5, 5.41) is 20.8. The van der Waals surface area contributed by atoms with Crippen molar-refractivity contribution >= 4 is 29.4 Å². The molecule has 0 aromatic heterocycles. The van der Waals surface area contributed by atoms with Gasteiger partial charge in [0.1, 0.15) is 5.75 Å². The zero-order valence-corrected chi connectivity index (χ0v) is 15.3. The topological polar surface area (TPSA) is 116 Å². The van der Waals surface area contributed by atoms with Crippen LogP contribution < -0.4 is 4.74 Å². The fourth-order valence-electron chi connectivity index (χ4n) is 2.30. The van der Waals surface area contributed by atoms with Crippen LogP contribution in [0.3, 0.4) is 0 Å². The van der Waals surface area contributed by atoms with Crippen LogP contribution in [0.25, 0.3) is 0 Å². The Bertz CT molecular complexity index is 838. The van der Waals surface area contributed by atoms with Gasteiger partial charge in [0.05, 0.1) is 22.2 Å². The highest BCUT2D eigenvalue weighted by atomic mass is 32.2. The number of nitro groups is 1. The number of benzene rings is 2. The summed E-state index contributed by atoms with van der Waals surface area (Å²) in [6.07, 6.45) is -1.56. The molecule has 1 N–H and O–H groups in total. The first kappa shape index (κ1) is 20.4. The van der Waals surface area contributed by atoms with Crippen LogP contribution in [-0.2, 0) is 14.3 Å². The number of ether oxygens (including phenoxy) is 2. The van der Waals surface area contributed by atoms with Crippen molar-refractivity contribution in [1.82, 2.24) is 0 Å². The van der Waals surface area contributed by atoms with Crippen molar-refractivity contribution in [3.05, 3.63) is 64.2 Å². The van der Waals surface area contributed by atoms with Crippen molar-refractivity contribution < 1.29 is 29.1 Å². The number of hydrogen-bond acceptors (Lipinski definition) is 8. The van der Waals surface area contributed by atoms with Crippen molar-refractivity contribution in [3.63, 3.8) is 0 Å². The number of hydrogen-bond donors (Lipinski definition) is 1. The number of carbonyl (C=O) groups excluding carboxylic acids is 2. The Morgan fingerprint density at radius 3 is 2.33 bits per heavy atom. The van der Waals surface area contributed by atoms with Crippen molar-refractivity contribution in [2.75, 3.05) is 7.11 Å². The molecule has 0 saturated heterocycles. The number of para-hydroxylation sites is 1. The van der Waals surface area contributed by atoms with Gasteiger partial charge in [-0.05, 0) is 23.8 Å². The molecular weight excluding hydrogens is 374 g/mol. The molecule has 0 heterocycles. The lowest BCUT2D eigenvalue weighted by Gasteiger charge is -2.21. The van der Waals surface area contributed by atoms with Gasteiger partial charge in [0.15, 0.2) is 6.10 Å². The van der Waals surface area contributed by atoms with Gasteiger partial charge in [-0.3, -0.25) is 14.9 Å². The summed E-state index contributed by atoms with van der Waals surface area (Å²) in [5.74, 6) is -1.05. The van der Waals surface area contributed by atoms with Crippen molar-refractivity contribution in [2.24, 2.45) is 0 Å². The molecule has 0 bridgehead atoms. The third-order valence-electron chi connectivity index (χ3n) is 3.52. The zero-order valence-electron chi connectivity index (χ0n) is 14.5. The van der Waals surface area contributed by atoms with E-state index in [4.69, 9.17) is 4.74 Å². The van der Waals surface area contributed by atoms with Crippen LogP contribution in [0, 0.1) is 10.1 Å². The van der Waals surface area contributed by atoms with Crippen molar-refractivity contribution in [2.45, 2.75) is 23.2 Å². The summed E-state index contributed by atoms with van der Waals surface area (Å²) < 4.78 is 9.56. The number of aliphatic hydroxyl groups excluding tert-OH is 1. The second-order valence-corrected chi connectivity index (χ2v) is 6.58. The lowest BCUT2D eigenvalue weighted by Crippen LogP contribution is -2.27. The van der Waals surface area contributed by atoms with Gasteiger partial charge < -0.3 is 14.6 Å². The standard InChI is InChI=1S/C18H17NO7S/c1-11(20)26-13-9-7-12(8-10-13)17(16(21)18(22)25-2)27-15-6-4-3-5-14(15)19(23)24/h3-10,16-17,21H,1-2H3. The van der Waals surface area contributed by atoms with Crippen molar-refractivity contribution in [1.29, 1.82) is 0 Å². The Morgan fingerprint density at radius 2 is 1.78 bits per heavy atom. The molecule has 2 unspecified atom stereocenters. The molecule has 2 aromatic rings. The monoisotopic (exact) mass is 391 g/mol. The number of methoxy groups -OCH3 is 1. The second kappa shape index (κ2) is 9.15. The molecule has 0 amide bonds. The Labute approximate surface area is 159 Å². The average molecular weight is 391 g/mol. The lowest BCUT2D eigenvalue weighted by molar-refractivity contribution is -0.387. The maximum absolute atomic E-state index is 11.9. The largest absolute Gasteiger partial charge is 0.467 e. The van der Waals surface area contributed by atoms with Crippen LogP contribution in [0.2, 0.25) is 0 Å². The number of nitro benzene ring substituents is 1. The van der Waals surface area contributed by atoms with Gasteiger partial charge >= 0.3 is 11.9 Å². The minimum Gasteiger partial charge on any atom is -0.467 e. The van der Waals surface area contributed by atoms with Crippen LogP contribution in [0.15, 0.2) is 53.4 Å². The van der Waals surface area contributed by atoms with E-state index in [1.807, 2.05) is 0 Å². The molecule has 2 aromatic carbocycles. The minimum atomic E-state index is -1.56. The molecule has 9 heteroatoms. The number of aliphatic hydroxyl groups is 1. The van der Waals surface area contributed by atoms with Crippen LogP contribution >= 0.6 is 11.8 Å². The quantitative estimate of drug-likeness (QED) is 0.252. The van der Waals surface area contributed by atoms with Gasteiger partial charge in [-0.25, -0.2) is 4.79 Å².